The van der Waals surface area contributed by atoms with E-state index in [0.717, 1.165) is 12.1 Å². The van der Waals surface area contributed by atoms with Crippen LogP contribution in [0.3, 0.4) is 0 Å². The van der Waals surface area contributed by atoms with E-state index in [1.54, 1.807) is 18.5 Å². The number of aromatic nitrogens is 3. The summed E-state index contributed by atoms with van der Waals surface area (Å²) in [5, 5.41) is 2.51. The van der Waals surface area contributed by atoms with E-state index in [1.807, 2.05) is 9.80 Å². The van der Waals surface area contributed by atoms with Crippen molar-refractivity contribution in [2.24, 2.45) is 0 Å². The summed E-state index contributed by atoms with van der Waals surface area (Å²) < 4.78 is 37.5. The molecule has 10 heteroatoms. The average Bonchev–Trinajstić information content (AvgIpc) is 2.63. The number of anilines is 2. The SMILES string of the molecule is O=C(CN1CCN(c2ncccn2)CC1)Nc1ccc(C(F)(F)F)cn1. The van der Waals surface area contributed by atoms with E-state index in [0.29, 0.717) is 38.3 Å². The number of pyridine rings is 1. The number of nitrogens with one attached hydrogen (secondary N) is 1. The normalized spacial score (nSPS) is 15.7. The van der Waals surface area contributed by atoms with Crippen LogP contribution in [0.25, 0.3) is 0 Å². The van der Waals surface area contributed by atoms with Gasteiger partial charge in [-0.15, -0.1) is 0 Å². The predicted octanol–water partition coefficient (Wildman–Crippen LogP) is 1.65. The van der Waals surface area contributed by atoms with Crippen molar-refractivity contribution < 1.29 is 18.0 Å². The number of carbonyl (C=O) groups excluding carboxylic acids is 1. The van der Waals surface area contributed by atoms with Crippen LogP contribution in [0.2, 0.25) is 0 Å². The zero-order valence-electron chi connectivity index (χ0n) is 13.8. The van der Waals surface area contributed by atoms with E-state index in [9.17, 15) is 18.0 Å². The summed E-state index contributed by atoms with van der Waals surface area (Å²) in [6.45, 7) is 2.84. The summed E-state index contributed by atoms with van der Waals surface area (Å²) in [7, 11) is 0. The first-order valence-electron chi connectivity index (χ1n) is 7.99. The van der Waals surface area contributed by atoms with Gasteiger partial charge in [0.05, 0.1) is 12.1 Å². The van der Waals surface area contributed by atoms with E-state index in [1.165, 1.54) is 0 Å². The Bertz CT molecular complexity index is 730. The van der Waals surface area contributed by atoms with Crippen LogP contribution in [-0.4, -0.2) is 58.5 Å². The van der Waals surface area contributed by atoms with Crippen molar-refractivity contribution in [2.45, 2.75) is 6.18 Å². The van der Waals surface area contributed by atoms with E-state index < -0.39 is 11.7 Å². The number of amides is 1. The standard InChI is InChI=1S/C16H17F3N6O/c17-16(18,19)12-2-3-13(22-10-12)23-14(26)11-24-6-8-25(9-7-24)15-20-4-1-5-21-15/h1-5,10H,6-9,11H2,(H,22,23,26). The summed E-state index contributed by atoms with van der Waals surface area (Å²) in [6, 6.07) is 3.78. The minimum atomic E-state index is -4.45. The Hall–Kier alpha value is -2.75. The maximum atomic E-state index is 12.5. The number of piperazine rings is 1. The molecule has 3 heterocycles. The van der Waals surface area contributed by atoms with Crippen molar-refractivity contribution in [3.63, 3.8) is 0 Å². The van der Waals surface area contributed by atoms with Crippen LogP contribution in [0, 0.1) is 0 Å². The van der Waals surface area contributed by atoms with Gasteiger partial charge in [-0.1, -0.05) is 0 Å². The van der Waals surface area contributed by atoms with Crippen LogP contribution in [0.1, 0.15) is 5.56 Å². The fourth-order valence-corrected chi connectivity index (χ4v) is 2.58. The van der Waals surface area contributed by atoms with Gasteiger partial charge in [-0.3, -0.25) is 9.69 Å². The lowest BCUT2D eigenvalue weighted by molar-refractivity contribution is -0.137. The van der Waals surface area contributed by atoms with Gasteiger partial charge < -0.3 is 10.2 Å². The van der Waals surface area contributed by atoms with Crippen molar-refractivity contribution in [1.29, 1.82) is 0 Å². The minimum absolute atomic E-state index is 0.0966. The fourth-order valence-electron chi connectivity index (χ4n) is 2.58. The monoisotopic (exact) mass is 366 g/mol. The van der Waals surface area contributed by atoms with Crippen molar-refractivity contribution in [3.8, 4) is 0 Å². The molecule has 2 aromatic heterocycles. The summed E-state index contributed by atoms with van der Waals surface area (Å²) in [6.07, 6.45) is -0.385. The van der Waals surface area contributed by atoms with E-state index >= 15 is 0 Å². The quantitative estimate of drug-likeness (QED) is 0.887. The van der Waals surface area contributed by atoms with Gasteiger partial charge >= 0.3 is 6.18 Å². The Morgan fingerprint density at radius 1 is 1.08 bits per heavy atom. The lowest BCUT2D eigenvalue weighted by Gasteiger charge is -2.34. The van der Waals surface area contributed by atoms with Crippen molar-refractivity contribution in [3.05, 3.63) is 42.4 Å². The molecule has 0 spiro atoms. The number of rotatable bonds is 4. The molecule has 0 unspecified atom stereocenters. The van der Waals surface area contributed by atoms with Crippen LogP contribution in [0.15, 0.2) is 36.8 Å². The van der Waals surface area contributed by atoms with Gasteiger partial charge in [0.15, 0.2) is 0 Å². The highest BCUT2D eigenvalue weighted by atomic mass is 19.4. The summed E-state index contributed by atoms with van der Waals surface area (Å²) in [5.41, 5.74) is -0.852. The van der Waals surface area contributed by atoms with Gasteiger partial charge in [-0.25, -0.2) is 15.0 Å². The van der Waals surface area contributed by atoms with Crippen LogP contribution >= 0.6 is 0 Å². The topological polar surface area (TPSA) is 74.2 Å². The smallest absolute Gasteiger partial charge is 0.338 e. The molecular weight excluding hydrogens is 349 g/mol. The number of nitrogens with zero attached hydrogens (tertiary/aromatic N) is 5. The van der Waals surface area contributed by atoms with E-state index in [2.05, 4.69) is 20.3 Å². The van der Waals surface area contributed by atoms with Crippen LogP contribution < -0.4 is 10.2 Å². The molecule has 1 aliphatic heterocycles. The Morgan fingerprint density at radius 2 is 1.77 bits per heavy atom. The largest absolute Gasteiger partial charge is 0.417 e. The second-order valence-electron chi connectivity index (χ2n) is 5.79. The molecule has 1 amide bonds. The lowest BCUT2D eigenvalue weighted by Crippen LogP contribution is -2.49. The molecule has 138 valence electrons. The highest BCUT2D eigenvalue weighted by molar-refractivity contribution is 5.91. The Morgan fingerprint density at radius 3 is 2.35 bits per heavy atom. The summed E-state index contributed by atoms with van der Waals surface area (Å²) in [4.78, 5) is 28.1. The number of alkyl halides is 3. The average molecular weight is 366 g/mol. The molecule has 0 aliphatic carbocycles. The molecule has 0 radical (unpaired) electrons. The Balaban J connectivity index is 1.47. The van der Waals surface area contributed by atoms with Gasteiger partial charge in [0, 0.05) is 44.8 Å². The zero-order valence-corrected chi connectivity index (χ0v) is 13.8. The molecule has 26 heavy (non-hydrogen) atoms. The van der Waals surface area contributed by atoms with Gasteiger partial charge in [0.2, 0.25) is 11.9 Å². The zero-order chi connectivity index (χ0) is 18.6. The number of carbonyl (C=O) groups is 1. The van der Waals surface area contributed by atoms with Crippen molar-refractivity contribution >= 4 is 17.7 Å². The molecule has 0 aromatic carbocycles. The maximum Gasteiger partial charge on any atom is 0.417 e. The van der Waals surface area contributed by atoms with E-state index in [-0.39, 0.29) is 18.3 Å². The minimum Gasteiger partial charge on any atom is -0.338 e. The van der Waals surface area contributed by atoms with Crippen LogP contribution in [0.5, 0.6) is 0 Å². The van der Waals surface area contributed by atoms with Crippen LogP contribution in [-0.2, 0) is 11.0 Å². The highest BCUT2D eigenvalue weighted by Gasteiger charge is 2.30. The molecule has 0 atom stereocenters. The Kier molecular flexibility index (Phi) is 5.31. The molecule has 3 rings (SSSR count). The molecule has 7 nitrogen and oxygen atoms in total. The van der Waals surface area contributed by atoms with Crippen molar-refractivity contribution in [1.82, 2.24) is 19.9 Å². The summed E-state index contributed by atoms with van der Waals surface area (Å²) >= 11 is 0. The molecule has 1 N–H and O–H groups in total. The second kappa shape index (κ2) is 7.65. The second-order valence-corrected chi connectivity index (χ2v) is 5.79. The van der Waals surface area contributed by atoms with Gasteiger partial charge in [-0.2, -0.15) is 13.2 Å². The number of hydrogen-bond acceptors (Lipinski definition) is 6. The first kappa shape index (κ1) is 18.1. The lowest BCUT2D eigenvalue weighted by atomic mass is 10.3. The molecule has 0 saturated carbocycles. The highest BCUT2D eigenvalue weighted by Crippen LogP contribution is 2.28. The first-order chi connectivity index (χ1) is 12.4. The molecule has 1 aliphatic rings. The van der Waals surface area contributed by atoms with Crippen LogP contribution in [0.4, 0.5) is 24.9 Å². The van der Waals surface area contributed by atoms with Crippen molar-refractivity contribution in [2.75, 3.05) is 42.9 Å². The molecule has 1 saturated heterocycles. The number of hydrogen-bond donors (Lipinski definition) is 1. The predicted molar refractivity (Wildman–Crippen MR) is 88.6 cm³/mol. The third-order valence-electron chi connectivity index (χ3n) is 3.93. The number of halogens is 3. The first-order valence-corrected chi connectivity index (χ1v) is 7.99. The third-order valence-corrected chi connectivity index (χ3v) is 3.93. The van der Waals surface area contributed by atoms with Gasteiger partial charge in [0.25, 0.3) is 0 Å². The Labute approximate surface area is 147 Å². The van der Waals surface area contributed by atoms with E-state index in [4.69, 9.17) is 0 Å². The molecule has 1 fully saturated rings. The third kappa shape index (κ3) is 4.66. The molecule has 2 aromatic rings. The van der Waals surface area contributed by atoms with Gasteiger partial charge in [0.1, 0.15) is 5.82 Å². The maximum absolute atomic E-state index is 12.5. The van der Waals surface area contributed by atoms with Gasteiger partial charge in [-0.05, 0) is 18.2 Å². The fraction of sp³-hybridized carbons (Fsp3) is 0.375. The summed E-state index contributed by atoms with van der Waals surface area (Å²) in [5.74, 6) is 0.437. The molecular formula is C16H17F3N6O. The molecule has 0 bridgehead atoms.